The Morgan fingerprint density at radius 1 is 1.04 bits per heavy atom. The minimum absolute atomic E-state index is 0.167. The van der Waals surface area contributed by atoms with Crippen LogP contribution in [0.15, 0.2) is 48.5 Å². The first-order chi connectivity index (χ1) is 13.6. The lowest BCUT2D eigenvalue weighted by Gasteiger charge is -2.28. The fourth-order valence-corrected chi connectivity index (χ4v) is 3.93. The van der Waals surface area contributed by atoms with Crippen LogP contribution in [0.25, 0.3) is 0 Å². The SMILES string of the molecule is COc1ccc(CC[NH+](C)[C@H](C(=O)N2CCCC2)c2ccccc2)cc1OC. The molecule has 5 nitrogen and oxygen atoms in total. The summed E-state index contributed by atoms with van der Waals surface area (Å²) in [6.45, 7) is 2.62. The number of hydrogen-bond donors (Lipinski definition) is 1. The van der Waals surface area contributed by atoms with Gasteiger partial charge in [-0.15, -0.1) is 0 Å². The van der Waals surface area contributed by atoms with E-state index in [2.05, 4.69) is 25.2 Å². The third-order valence-corrected chi connectivity index (χ3v) is 5.55. The highest BCUT2D eigenvalue weighted by Gasteiger charge is 2.33. The maximum absolute atomic E-state index is 13.3. The van der Waals surface area contributed by atoms with E-state index < -0.39 is 0 Å². The monoisotopic (exact) mass is 383 g/mol. The van der Waals surface area contributed by atoms with Gasteiger partial charge in [-0.2, -0.15) is 0 Å². The van der Waals surface area contributed by atoms with Gasteiger partial charge in [-0.1, -0.05) is 36.4 Å². The molecule has 1 aliphatic heterocycles. The number of likely N-dealkylation sites (tertiary alicyclic amines) is 1. The first-order valence-corrected chi connectivity index (χ1v) is 10.0. The predicted octanol–water partition coefficient (Wildman–Crippen LogP) is 2.12. The average Bonchev–Trinajstić information content (AvgIpc) is 3.28. The zero-order valence-corrected chi connectivity index (χ0v) is 17.1. The van der Waals surface area contributed by atoms with Crippen molar-refractivity contribution in [3.05, 3.63) is 59.7 Å². The molecule has 150 valence electrons. The Labute approximate surface area is 167 Å². The molecule has 3 rings (SSSR count). The van der Waals surface area contributed by atoms with E-state index in [4.69, 9.17) is 9.47 Å². The second-order valence-corrected chi connectivity index (χ2v) is 7.41. The van der Waals surface area contributed by atoms with Gasteiger partial charge in [0.05, 0.1) is 27.8 Å². The molecule has 1 amide bonds. The minimum atomic E-state index is -0.167. The summed E-state index contributed by atoms with van der Waals surface area (Å²) in [6.07, 6.45) is 3.08. The van der Waals surface area contributed by atoms with Gasteiger partial charge in [0.15, 0.2) is 17.5 Å². The summed E-state index contributed by atoms with van der Waals surface area (Å²) >= 11 is 0. The predicted molar refractivity (Wildman–Crippen MR) is 110 cm³/mol. The number of nitrogens with one attached hydrogen (secondary N) is 1. The number of rotatable bonds is 8. The van der Waals surface area contributed by atoms with Crippen LogP contribution in [-0.4, -0.2) is 51.7 Å². The molecule has 28 heavy (non-hydrogen) atoms. The topological polar surface area (TPSA) is 43.2 Å². The Kier molecular flexibility index (Phi) is 6.93. The molecule has 0 aliphatic carbocycles. The second kappa shape index (κ2) is 9.60. The molecule has 0 radical (unpaired) electrons. The highest BCUT2D eigenvalue weighted by molar-refractivity contribution is 5.82. The number of benzene rings is 2. The first kappa shape index (κ1) is 20.2. The molecule has 2 atom stereocenters. The maximum Gasteiger partial charge on any atom is 0.285 e. The number of nitrogens with zero attached hydrogens (tertiary/aromatic N) is 1. The van der Waals surface area contributed by atoms with Crippen molar-refractivity contribution in [3.8, 4) is 11.5 Å². The van der Waals surface area contributed by atoms with Gasteiger partial charge in [-0.25, -0.2) is 0 Å². The standard InChI is InChI=1S/C23H30N2O3/c1-24(16-13-18-11-12-20(27-2)21(17-18)28-3)22(19-9-5-4-6-10-19)23(26)25-14-7-8-15-25/h4-6,9-12,17,22H,7-8,13-16H2,1-3H3/p+1/t22-/m0/s1. The summed E-state index contributed by atoms with van der Waals surface area (Å²) < 4.78 is 10.7. The van der Waals surface area contributed by atoms with Crippen molar-refractivity contribution in [1.29, 1.82) is 0 Å². The van der Waals surface area contributed by atoms with E-state index in [1.165, 1.54) is 10.5 Å². The molecule has 0 spiro atoms. The fraction of sp³-hybridized carbons (Fsp3) is 0.435. The first-order valence-electron chi connectivity index (χ1n) is 10.0. The van der Waals surface area contributed by atoms with Crippen LogP contribution in [0.1, 0.15) is 30.0 Å². The van der Waals surface area contributed by atoms with Gasteiger partial charge in [0, 0.05) is 25.1 Å². The zero-order valence-electron chi connectivity index (χ0n) is 17.1. The van der Waals surface area contributed by atoms with E-state index in [9.17, 15) is 4.79 Å². The number of hydrogen-bond acceptors (Lipinski definition) is 3. The van der Waals surface area contributed by atoms with Crippen LogP contribution >= 0.6 is 0 Å². The number of carbonyl (C=O) groups is 1. The molecule has 0 bridgehead atoms. The van der Waals surface area contributed by atoms with Crippen LogP contribution in [0.5, 0.6) is 11.5 Å². The van der Waals surface area contributed by atoms with Gasteiger partial charge in [0.25, 0.3) is 5.91 Å². The highest BCUT2D eigenvalue weighted by Crippen LogP contribution is 2.27. The normalized spacial score (nSPS) is 15.9. The van der Waals surface area contributed by atoms with Crippen LogP contribution < -0.4 is 14.4 Å². The molecule has 1 heterocycles. The van der Waals surface area contributed by atoms with E-state index in [1.54, 1.807) is 14.2 Å². The number of methoxy groups -OCH3 is 2. The number of carbonyl (C=O) groups excluding carboxylic acids is 1. The lowest BCUT2D eigenvalue weighted by molar-refractivity contribution is -0.902. The number of ether oxygens (including phenoxy) is 2. The molecule has 1 N–H and O–H groups in total. The second-order valence-electron chi connectivity index (χ2n) is 7.41. The van der Waals surface area contributed by atoms with E-state index in [0.717, 1.165) is 56.0 Å². The summed E-state index contributed by atoms with van der Waals surface area (Å²) in [5.41, 5.74) is 2.27. The van der Waals surface area contributed by atoms with Crippen molar-refractivity contribution in [1.82, 2.24) is 4.90 Å². The molecule has 0 saturated carbocycles. The molecule has 1 fully saturated rings. The Morgan fingerprint density at radius 2 is 1.71 bits per heavy atom. The van der Waals surface area contributed by atoms with Crippen molar-refractivity contribution < 1.29 is 19.2 Å². The molecule has 5 heteroatoms. The zero-order chi connectivity index (χ0) is 19.9. The van der Waals surface area contributed by atoms with Crippen molar-refractivity contribution in [3.63, 3.8) is 0 Å². The summed E-state index contributed by atoms with van der Waals surface area (Å²) in [6, 6.07) is 16.0. The van der Waals surface area contributed by atoms with Crippen molar-refractivity contribution in [2.45, 2.75) is 25.3 Å². The third kappa shape index (κ3) is 4.65. The van der Waals surface area contributed by atoms with Crippen LogP contribution in [0, 0.1) is 0 Å². The Bertz CT molecular complexity index is 773. The van der Waals surface area contributed by atoms with Crippen molar-refractivity contribution >= 4 is 5.91 Å². The van der Waals surface area contributed by atoms with Gasteiger partial charge in [0.1, 0.15) is 0 Å². The lowest BCUT2D eigenvalue weighted by Crippen LogP contribution is -3.10. The molecule has 1 aliphatic rings. The lowest BCUT2D eigenvalue weighted by atomic mass is 10.0. The summed E-state index contributed by atoms with van der Waals surface area (Å²) in [7, 11) is 5.41. The van der Waals surface area contributed by atoms with E-state index in [1.807, 2.05) is 35.2 Å². The van der Waals surface area contributed by atoms with Crippen LogP contribution in [0.4, 0.5) is 0 Å². The fourth-order valence-electron chi connectivity index (χ4n) is 3.93. The van der Waals surface area contributed by atoms with Gasteiger partial charge in [-0.3, -0.25) is 4.79 Å². The van der Waals surface area contributed by atoms with Crippen LogP contribution in [-0.2, 0) is 11.2 Å². The van der Waals surface area contributed by atoms with Crippen molar-refractivity contribution in [2.24, 2.45) is 0 Å². The number of quaternary nitrogens is 1. The van der Waals surface area contributed by atoms with Gasteiger partial charge >= 0.3 is 0 Å². The average molecular weight is 384 g/mol. The molecule has 0 aromatic heterocycles. The van der Waals surface area contributed by atoms with E-state index in [-0.39, 0.29) is 11.9 Å². The van der Waals surface area contributed by atoms with Gasteiger partial charge in [0.2, 0.25) is 0 Å². The van der Waals surface area contributed by atoms with Crippen LogP contribution in [0.2, 0.25) is 0 Å². The van der Waals surface area contributed by atoms with Gasteiger partial charge in [-0.05, 0) is 30.5 Å². The molecule has 2 aromatic carbocycles. The number of amides is 1. The molecular formula is C23H31N2O3+. The largest absolute Gasteiger partial charge is 0.493 e. The van der Waals surface area contributed by atoms with Crippen molar-refractivity contribution in [2.75, 3.05) is 40.9 Å². The maximum atomic E-state index is 13.3. The Balaban J connectivity index is 1.74. The minimum Gasteiger partial charge on any atom is -0.493 e. The summed E-state index contributed by atoms with van der Waals surface area (Å²) in [4.78, 5) is 16.5. The summed E-state index contributed by atoms with van der Waals surface area (Å²) in [5, 5.41) is 0. The molecular weight excluding hydrogens is 352 g/mol. The number of likely N-dealkylation sites (N-methyl/N-ethyl adjacent to an activating group) is 1. The summed E-state index contributed by atoms with van der Waals surface area (Å²) in [5.74, 6) is 1.72. The molecule has 2 aromatic rings. The third-order valence-electron chi connectivity index (χ3n) is 5.55. The Hall–Kier alpha value is -2.53. The van der Waals surface area contributed by atoms with E-state index >= 15 is 0 Å². The highest BCUT2D eigenvalue weighted by atomic mass is 16.5. The molecule has 1 saturated heterocycles. The molecule has 1 unspecified atom stereocenters. The Morgan fingerprint density at radius 3 is 2.36 bits per heavy atom. The van der Waals surface area contributed by atoms with Gasteiger partial charge < -0.3 is 19.3 Å². The van der Waals surface area contributed by atoms with E-state index in [0.29, 0.717) is 0 Å². The quantitative estimate of drug-likeness (QED) is 0.759. The van der Waals surface area contributed by atoms with Crippen LogP contribution in [0.3, 0.4) is 0 Å². The smallest absolute Gasteiger partial charge is 0.285 e.